The lowest BCUT2D eigenvalue weighted by Crippen LogP contribution is -2.17. The summed E-state index contributed by atoms with van der Waals surface area (Å²) in [5.74, 6) is 1.67. The molecule has 0 radical (unpaired) electrons. The third-order valence-electron chi connectivity index (χ3n) is 3.21. The van der Waals surface area contributed by atoms with Crippen LogP contribution in [0.5, 0.6) is 0 Å². The Morgan fingerprint density at radius 2 is 1.89 bits per heavy atom. The van der Waals surface area contributed by atoms with Gasteiger partial charge >= 0.3 is 0 Å². The Labute approximate surface area is 114 Å². The van der Waals surface area contributed by atoms with Crippen molar-refractivity contribution in [1.29, 1.82) is 0 Å². The lowest BCUT2D eigenvalue weighted by Gasteiger charge is -2.17. The van der Waals surface area contributed by atoms with Crippen LogP contribution in [0.3, 0.4) is 0 Å². The van der Waals surface area contributed by atoms with Crippen molar-refractivity contribution in [2.45, 2.75) is 46.1 Å². The fraction of sp³-hybridized carbons (Fsp3) is 0.571. The van der Waals surface area contributed by atoms with Gasteiger partial charge in [0.05, 0.1) is 6.20 Å². The maximum atomic E-state index is 6.18. The van der Waals surface area contributed by atoms with Crippen molar-refractivity contribution in [2.24, 2.45) is 7.05 Å². The number of imidazole rings is 1. The Hall–Kier alpha value is -1.78. The molecule has 0 aliphatic rings. The first kappa shape index (κ1) is 13.6. The summed E-state index contributed by atoms with van der Waals surface area (Å²) >= 11 is 0. The van der Waals surface area contributed by atoms with Crippen molar-refractivity contribution >= 4 is 5.82 Å². The van der Waals surface area contributed by atoms with Crippen molar-refractivity contribution < 1.29 is 0 Å². The number of anilines is 1. The summed E-state index contributed by atoms with van der Waals surface area (Å²) in [4.78, 5) is 4.71. The predicted octanol–water partition coefficient (Wildman–Crippen LogP) is 2.74. The number of hydrogen-bond donors (Lipinski definition) is 1. The van der Waals surface area contributed by atoms with E-state index in [0.29, 0.717) is 11.9 Å². The largest absolute Gasteiger partial charge is 0.383 e. The van der Waals surface area contributed by atoms with Gasteiger partial charge in [-0.05, 0) is 13.8 Å². The molecule has 5 heteroatoms. The van der Waals surface area contributed by atoms with Crippen LogP contribution >= 0.6 is 0 Å². The zero-order valence-electron chi connectivity index (χ0n) is 12.6. The minimum Gasteiger partial charge on any atom is -0.383 e. The minimum atomic E-state index is -0.0326. The third-order valence-corrected chi connectivity index (χ3v) is 3.21. The molecule has 0 aromatic carbocycles. The van der Waals surface area contributed by atoms with Gasteiger partial charge in [0.1, 0.15) is 17.3 Å². The lowest BCUT2D eigenvalue weighted by molar-refractivity contribution is 0.524. The number of nitrogens with two attached hydrogens (primary N) is 1. The van der Waals surface area contributed by atoms with Gasteiger partial charge in [-0.15, -0.1) is 0 Å². The molecule has 0 atom stereocenters. The van der Waals surface area contributed by atoms with Crippen molar-refractivity contribution in [1.82, 2.24) is 19.3 Å². The van der Waals surface area contributed by atoms with E-state index in [9.17, 15) is 0 Å². The summed E-state index contributed by atoms with van der Waals surface area (Å²) in [5.41, 5.74) is 7.94. The lowest BCUT2D eigenvalue weighted by atomic mass is 9.96. The van der Waals surface area contributed by atoms with Crippen LogP contribution in [-0.4, -0.2) is 19.3 Å². The van der Waals surface area contributed by atoms with Crippen molar-refractivity contribution in [2.75, 3.05) is 5.73 Å². The predicted molar refractivity (Wildman–Crippen MR) is 77.9 cm³/mol. The van der Waals surface area contributed by atoms with E-state index >= 15 is 0 Å². The van der Waals surface area contributed by atoms with Crippen molar-refractivity contribution in [3.8, 4) is 11.3 Å². The quantitative estimate of drug-likeness (QED) is 0.904. The van der Waals surface area contributed by atoms with E-state index in [2.05, 4.69) is 39.7 Å². The molecule has 0 bridgehead atoms. The summed E-state index contributed by atoms with van der Waals surface area (Å²) in [7, 11) is 1.96. The zero-order valence-corrected chi connectivity index (χ0v) is 12.6. The van der Waals surface area contributed by atoms with E-state index in [4.69, 9.17) is 10.7 Å². The Bertz CT molecular complexity index is 583. The molecule has 0 unspecified atom stereocenters. The summed E-state index contributed by atoms with van der Waals surface area (Å²) in [6.07, 6.45) is 3.82. The summed E-state index contributed by atoms with van der Waals surface area (Å²) in [6, 6.07) is 0.334. The number of aromatic nitrogens is 4. The van der Waals surface area contributed by atoms with E-state index in [1.807, 2.05) is 28.7 Å². The smallest absolute Gasteiger partial charge is 0.131 e. The second kappa shape index (κ2) is 4.40. The van der Waals surface area contributed by atoms with Crippen LogP contribution in [0.15, 0.2) is 12.4 Å². The average molecular weight is 261 g/mol. The molecule has 19 heavy (non-hydrogen) atoms. The molecule has 0 fully saturated rings. The first-order valence-electron chi connectivity index (χ1n) is 6.59. The van der Waals surface area contributed by atoms with Crippen LogP contribution < -0.4 is 5.73 Å². The normalized spacial score (nSPS) is 12.4. The molecule has 5 nitrogen and oxygen atoms in total. The Morgan fingerprint density at radius 3 is 2.32 bits per heavy atom. The summed E-state index contributed by atoms with van der Waals surface area (Å²) in [6.45, 7) is 10.6. The molecule has 0 saturated heterocycles. The molecule has 104 valence electrons. The number of hydrogen-bond acceptors (Lipinski definition) is 3. The zero-order chi connectivity index (χ0) is 14.4. The van der Waals surface area contributed by atoms with Gasteiger partial charge in [-0.1, -0.05) is 20.8 Å². The van der Waals surface area contributed by atoms with E-state index in [-0.39, 0.29) is 5.41 Å². The van der Waals surface area contributed by atoms with Gasteiger partial charge in [0.25, 0.3) is 0 Å². The second-order valence-corrected chi connectivity index (χ2v) is 6.28. The molecule has 0 saturated carbocycles. The Kier molecular flexibility index (Phi) is 3.16. The van der Waals surface area contributed by atoms with Crippen LogP contribution in [0.25, 0.3) is 11.3 Å². The maximum Gasteiger partial charge on any atom is 0.131 e. The highest BCUT2D eigenvalue weighted by atomic mass is 15.3. The summed E-state index contributed by atoms with van der Waals surface area (Å²) in [5, 5.41) is 4.35. The number of rotatable bonds is 2. The van der Waals surface area contributed by atoms with Crippen LogP contribution in [-0.2, 0) is 12.5 Å². The van der Waals surface area contributed by atoms with E-state index in [1.54, 1.807) is 0 Å². The fourth-order valence-electron chi connectivity index (χ4n) is 2.14. The van der Waals surface area contributed by atoms with E-state index in [1.165, 1.54) is 0 Å². The summed E-state index contributed by atoms with van der Waals surface area (Å²) < 4.78 is 3.88. The third kappa shape index (κ3) is 2.37. The molecule has 0 aliphatic heterocycles. The van der Waals surface area contributed by atoms with E-state index in [0.717, 1.165) is 17.1 Å². The highest BCUT2D eigenvalue weighted by Crippen LogP contribution is 2.30. The van der Waals surface area contributed by atoms with Gasteiger partial charge in [-0.25, -0.2) is 4.98 Å². The second-order valence-electron chi connectivity index (χ2n) is 6.28. The number of nitrogen functional groups attached to an aromatic ring is 1. The Balaban J connectivity index is 2.51. The molecule has 2 rings (SSSR count). The molecule has 2 heterocycles. The standard InChI is InChI=1S/C14H23N5/c1-9(2)19-8-10(7-16-19)11-12(15)18(6)13(17-11)14(3,4)5/h7-9H,15H2,1-6H3. The fourth-order valence-corrected chi connectivity index (χ4v) is 2.14. The highest BCUT2D eigenvalue weighted by molar-refractivity contribution is 5.70. The van der Waals surface area contributed by atoms with Crippen LogP contribution in [0.2, 0.25) is 0 Å². The first-order chi connectivity index (χ1) is 8.71. The molecule has 0 amide bonds. The van der Waals surface area contributed by atoms with Gasteiger partial charge in [0, 0.05) is 30.3 Å². The maximum absolute atomic E-state index is 6.18. The molecule has 2 aromatic heterocycles. The molecular weight excluding hydrogens is 238 g/mol. The van der Waals surface area contributed by atoms with Gasteiger partial charge in [-0.3, -0.25) is 4.68 Å². The minimum absolute atomic E-state index is 0.0326. The van der Waals surface area contributed by atoms with Crippen LogP contribution in [0, 0.1) is 0 Å². The van der Waals surface area contributed by atoms with Gasteiger partial charge in [0.2, 0.25) is 0 Å². The van der Waals surface area contributed by atoms with Gasteiger partial charge in [0.15, 0.2) is 0 Å². The first-order valence-corrected chi connectivity index (χ1v) is 6.59. The SMILES string of the molecule is CC(C)n1cc(-c2nc(C(C)(C)C)n(C)c2N)cn1. The monoisotopic (exact) mass is 261 g/mol. The molecular formula is C14H23N5. The molecule has 2 N–H and O–H groups in total. The molecule has 0 aliphatic carbocycles. The highest BCUT2D eigenvalue weighted by Gasteiger charge is 2.24. The van der Waals surface area contributed by atoms with Gasteiger partial charge < -0.3 is 10.3 Å². The van der Waals surface area contributed by atoms with E-state index < -0.39 is 0 Å². The number of nitrogens with zero attached hydrogens (tertiary/aromatic N) is 4. The van der Waals surface area contributed by atoms with Crippen LogP contribution in [0.1, 0.15) is 46.5 Å². The average Bonchev–Trinajstić information content (AvgIpc) is 2.85. The molecule has 2 aromatic rings. The Morgan fingerprint density at radius 1 is 1.26 bits per heavy atom. The van der Waals surface area contributed by atoms with Crippen LogP contribution in [0.4, 0.5) is 5.82 Å². The topological polar surface area (TPSA) is 61.7 Å². The van der Waals surface area contributed by atoms with Crippen molar-refractivity contribution in [3.05, 3.63) is 18.2 Å². The van der Waals surface area contributed by atoms with Crippen molar-refractivity contribution in [3.63, 3.8) is 0 Å². The van der Waals surface area contributed by atoms with Gasteiger partial charge in [-0.2, -0.15) is 5.10 Å². The molecule has 0 spiro atoms.